The Balaban J connectivity index is 1.70. The van der Waals surface area contributed by atoms with Gasteiger partial charge in [0.05, 0.1) is 0 Å². The van der Waals surface area contributed by atoms with Crippen LogP contribution in [0.25, 0.3) is 0 Å². The van der Waals surface area contributed by atoms with E-state index in [9.17, 15) is 4.79 Å². The van der Waals surface area contributed by atoms with Gasteiger partial charge >= 0.3 is 0 Å². The minimum Gasteiger partial charge on any atom is -0.382 e. The standard InChI is InChI=1S/C21H34N2O/c1-21(2,3)17-10-14-19(15-11-17)23-18-12-8-16(9-13-18)6-4-5-7-20(22)24/h10-11,14-16,18,23H,4-9,12-13H2,1-3H3,(H2,22,24). The molecule has 0 radical (unpaired) electrons. The molecule has 3 heteroatoms. The molecule has 1 aromatic rings. The number of primary amides is 1. The third-order valence-corrected chi connectivity index (χ3v) is 5.25. The third-order valence-electron chi connectivity index (χ3n) is 5.25. The molecule has 0 spiro atoms. The van der Waals surface area contributed by atoms with Gasteiger partial charge in [-0.2, -0.15) is 0 Å². The van der Waals surface area contributed by atoms with Crippen LogP contribution in [0.1, 0.15) is 77.7 Å². The number of benzene rings is 1. The van der Waals surface area contributed by atoms with Gasteiger partial charge in [0.25, 0.3) is 0 Å². The molecule has 1 aliphatic rings. The second-order valence-electron chi connectivity index (χ2n) is 8.40. The summed E-state index contributed by atoms with van der Waals surface area (Å²) in [7, 11) is 0. The summed E-state index contributed by atoms with van der Waals surface area (Å²) < 4.78 is 0. The van der Waals surface area contributed by atoms with E-state index in [4.69, 9.17) is 5.73 Å². The Bertz CT molecular complexity index is 508. The van der Waals surface area contributed by atoms with E-state index in [0.29, 0.717) is 12.5 Å². The lowest BCUT2D eigenvalue weighted by Crippen LogP contribution is -2.26. The van der Waals surface area contributed by atoms with Crippen LogP contribution in [0.15, 0.2) is 24.3 Å². The van der Waals surface area contributed by atoms with Crippen molar-refractivity contribution in [1.82, 2.24) is 0 Å². The molecule has 0 heterocycles. The van der Waals surface area contributed by atoms with Crippen molar-refractivity contribution in [2.75, 3.05) is 5.32 Å². The van der Waals surface area contributed by atoms with E-state index in [1.807, 2.05) is 0 Å². The van der Waals surface area contributed by atoms with Gasteiger partial charge in [-0.15, -0.1) is 0 Å². The van der Waals surface area contributed by atoms with Crippen LogP contribution >= 0.6 is 0 Å². The van der Waals surface area contributed by atoms with E-state index < -0.39 is 0 Å². The topological polar surface area (TPSA) is 55.1 Å². The van der Waals surface area contributed by atoms with Gasteiger partial charge in [0, 0.05) is 18.2 Å². The molecule has 134 valence electrons. The highest BCUT2D eigenvalue weighted by Gasteiger charge is 2.21. The number of amides is 1. The molecule has 3 nitrogen and oxygen atoms in total. The van der Waals surface area contributed by atoms with Gasteiger partial charge in [0.15, 0.2) is 0 Å². The Morgan fingerprint density at radius 2 is 1.71 bits per heavy atom. The van der Waals surface area contributed by atoms with Crippen LogP contribution in [0.4, 0.5) is 5.69 Å². The van der Waals surface area contributed by atoms with Crippen molar-refractivity contribution >= 4 is 11.6 Å². The molecule has 0 aromatic heterocycles. The van der Waals surface area contributed by atoms with Crippen molar-refractivity contribution < 1.29 is 4.79 Å². The Morgan fingerprint density at radius 1 is 1.08 bits per heavy atom. The van der Waals surface area contributed by atoms with Crippen LogP contribution in [0.5, 0.6) is 0 Å². The van der Waals surface area contributed by atoms with Crippen LogP contribution in [0.3, 0.4) is 0 Å². The molecule has 0 aliphatic heterocycles. The minimum absolute atomic E-state index is 0.166. The highest BCUT2D eigenvalue weighted by molar-refractivity contribution is 5.73. The number of hydrogen-bond acceptors (Lipinski definition) is 2. The molecule has 0 atom stereocenters. The lowest BCUT2D eigenvalue weighted by atomic mass is 9.83. The Labute approximate surface area is 147 Å². The number of unbranched alkanes of at least 4 members (excludes halogenated alkanes) is 1. The largest absolute Gasteiger partial charge is 0.382 e. The van der Waals surface area contributed by atoms with E-state index in [2.05, 4.69) is 50.4 Å². The molecule has 1 saturated carbocycles. The summed E-state index contributed by atoms with van der Waals surface area (Å²) in [5.74, 6) is 0.666. The van der Waals surface area contributed by atoms with Crippen molar-refractivity contribution in [2.24, 2.45) is 11.7 Å². The number of nitrogens with two attached hydrogens (primary N) is 1. The zero-order valence-electron chi connectivity index (χ0n) is 15.6. The number of hydrogen-bond donors (Lipinski definition) is 2. The van der Waals surface area contributed by atoms with E-state index in [1.54, 1.807) is 0 Å². The number of rotatable bonds is 7. The monoisotopic (exact) mass is 330 g/mol. The highest BCUT2D eigenvalue weighted by atomic mass is 16.1. The molecule has 1 aliphatic carbocycles. The van der Waals surface area contributed by atoms with Crippen molar-refractivity contribution in [3.63, 3.8) is 0 Å². The molecule has 1 amide bonds. The molecule has 1 fully saturated rings. The zero-order valence-corrected chi connectivity index (χ0v) is 15.6. The van der Waals surface area contributed by atoms with Crippen LogP contribution in [0.2, 0.25) is 0 Å². The smallest absolute Gasteiger partial charge is 0.217 e. The van der Waals surface area contributed by atoms with Crippen molar-refractivity contribution in [2.45, 2.75) is 83.6 Å². The normalized spacial score (nSPS) is 21.5. The maximum atomic E-state index is 10.8. The predicted octanol–water partition coefficient (Wildman–Crippen LogP) is 5.00. The summed E-state index contributed by atoms with van der Waals surface area (Å²) in [6, 6.07) is 9.53. The Kier molecular flexibility index (Phi) is 6.70. The number of nitrogens with one attached hydrogen (secondary N) is 1. The van der Waals surface area contributed by atoms with E-state index in [0.717, 1.165) is 18.8 Å². The molecule has 2 rings (SSSR count). The van der Waals surface area contributed by atoms with E-state index in [-0.39, 0.29) is 11.3 Å². The lowest BCUT2D eigenvalue weighted by molar-refractivity contribution is -0.118. The van der Waals surface area contributed by atoms with Crippen molar-refractivity contribution in [1.29, 1.82) is 0 Å². The average molecular weight is 331 g/mol. The van der Waals surface area contributed by atoms with Crippen molar-refractivity contribution in [3.05, 3.63) is 29.8 Å². The molecule has 0 bridgehead atoms. The van der Waals surface area contributed by atoms with Crippen LogP contribution in [0, 0.1) is 5.92 Å². The quantitative estimate of drug-likeness (QED) is 0.691. The van der Waals surface area contributed by atoms with Crippen LogP contribution < -0.4 is 11.1 Å². The van der Waals surface area contributed by atoms with E-state index in [1.165, 1.54) is 43.4 Å². The van der Waals surface area contributed by atoms with Crippen LogP contribution in [-0.2, 0) is 10.2 Å². The molecule has 0 unspecified atom stereocenters. The molecule has 24 heavy (non-hydrogen) atoms. The third kappa shape index (κ3) is 6.18. The summed E-state index contributed by atoms with van der Waals surface area (Å²) in [5, 5.41) is 3.70. The van der Waals surface area contributed by atoms with Gasteiger partial charge in [-0.25, -0.2) is 0 Å². The summed E-state index contributed by atoms with van der Waals surface area (Å²) in [5.41, 5.74) is 8.03. The zero-order chi connectivity index (χ0) is 17.6. The Hall–Kier alpha value is -1.51. The summed E-state index contributed by atoms with van der Waals surface area (Å²) in [6.45, 7) is 6.75. The SMILES string of the molecule is CC(C)(C)c1ccc(NC2CCC(CCCCC(N)=O)CC2)cc1. The summed E-state index contributed by atoms with van der Waals surface area (Å²) >= 11 is 0. The fraction of sp³-hybridized carbons (Fsp3) is 0.667. The maximum Gasteiger partial charge on any atom is 0.217 e. The second-order valence-corrected chi connectivity index (χ2v) is 8.40. The van der Waals surface area contributed by atoms with Gasteiger partial charge in [0.2, 0.25) is 5.91 Å². The maximum absolute atomic E-state index is 10.8. The first-order valence-electron chi connectivity index (χ1n) is 9.50. The number of carbonyl (C=O) groups excluding carboxylic acids is 1. The molecule has 3 N–H and O–H groups in total. The van der Waals surface area contributed by atoms with Gasteiger partial charge in [-0.05, 0) is 61.1 Å². The number of carbonyl (C=O) groups is 1. The first-order valence-corrected chi connectivity index (χ1v) is 9.50. The first-order chi connectivity index (χ1) is 11.3. The lowest BCUT2D eigenvalue weighted by Gasteiger charge is -2.30. The van der Waals surface area contributed by atoms with Crippen molar-refractivity contribution in [3.8, 4) is 0 Å². The first kappa shape index (κ1) is 18.8. The van der Waals surface area contributed by atoms with Gasteiger partial charge in [-0.1, -0.05) is 45.7 Å². The summed E-state index contributed by atoms with van der Waals surface area (Å²) in [6.07, 6.45) is 8.99. The molecule has 0 saturated heterocycles. The van der Waals surface area contributed by atoms with E-state index >= 15 is 0 Å². The minimum atomic E-state index is -0.166. The van der Waals surface area contributed by atoms with Crippen LogP contribution in [-0.4, -0.2) is 11.9 Å². The van der Waals surface area contributed by atoms with Gasteiger partial charge in [0.1, 0.15) is 0 Å². The molecular formula is C21H34N2O. The van der Waals surface area contributed by atoms with Gasteiger partial charge in [-0.3, -0.25) is 4.79 Å². The Morgan fingerprint density at radius 3 is 2.25 bits per heavy atom. The van der Waals surface area contributed by atoms with Gasteiger partial charge < -0.3 is 11.1 Å². The highest BCUT2D eigenvalue weighted by Crippen LogP contribution is 2.30. The molecule has 1 aromatic carbocycles. The average Bonchev–Trinajstić information content (AvgIpc) is 2.52. The molecular weight excluding hydrogens is 296 g/mol. The fourth-order valence-electron chi connectivity index (χ4n) is 3.63. The number of anilines is 1. The fourth-order valence-corrected chi connectivity index (χ4v) is 3.63. The predicted molar refractivity (Wildman–Crippen MR) is 102 cm³/mol. The summed E-state index contributed by atoms with van der Waals surface area (Å²) in [4.78, 5) is 10.8. The second kappa shape index (κ2) is 8.55.